The van der Waals surface area contributed by atoms with Gasteiger partial charge in [-0.15, -0.1) is 11.3 Å². The fourth-order valence-electron chi connectivity index (χ4n) is 6.48. The number of β-amino-alcohol motifs (C(OH)–C–C–N with tert-alkyl or cyclic N) is 1. The van der Waals surface area contributed by atoms with Crippen LogP contribution in [0.4, 0.5) is 0 Å². The third kappa shape index (κ3) is 9.68. The van der Waals surface area contributed by atoms with Gasteiger partial charge in [0, 0.05) is 67.3 Å². The van der Waals surface area contributed by atoms with Crippen LogP contribution in [0, 0.1) is 25.2 Å². The molecule has 5 aromatic rings. The maximum absolute atomic E-state index is 9.80. The lowest BCUT2D eigenvalue weighted by Gasteiger charge is -2.20. The number of nitriles is 1. The van der Waals surface area contributed by atoms with Crippen LogP contribution in [0.3, 0.4) is 0 Å². The van der Waals surface area contributed by atoms with Gasteiger partial charge in [0.1, 0.15) is 41.5 Å². The average Bonchev–Trinajstić information content (AvgIpc) is 3.82. The van der Waals surface area contributed by atoms with Gasteiger partial charge in [0.05, 0.1) is 29.8 Å². The molecule has 2 aromatic heterocycles. The highest BCUT2D eigenvalue weighted by molar-refractivity contribution is 7.09. The van der Waals surface area contributed by atoms with Crippen molar-refractivity contribution in [2.45, 2.75) is 59.1 Å². The zero-order chi connectivity index (χ0) is 36.5. The molecule has 0 spiro atoms. The molecule has 0 unspecified atom stereocenters. The summed E-state index contributed by atoms with van der Waals surface area (Å²) in [4.78, 5) is 13.1. The average molecular weight is 738 g/mol. The van der Waals surface area contributed by atoms with Gasteiger partial charge in [0.2, 0.25) is 0 Å². The lowest BCUT2D eigenvalue weighted by molar-refractivity contribution is 0.173. The Morgan fingerprint density at radius 2 is 1.77 bits per heavy atom. The molecular formula is C41H44ClN5O4S. The third-order valence-corrected chi connectivity index (χ3v) is 10.3. The number of aliphatic hydroxyl groups excluding tert-OH is 1. The number of aromatic nitrogens is 2. The van der Waals surface area contributed by atoms with Gasteiger partial charge in [0.15, 0.2) is 0 Å². The van der Waals surface area contributed by atoms with E-state index in [-0.39, 0.29) is 12.7 Å². The molecule has 1 N–H and O–H groups in total. The molecule has 1 aliphatic heterocycles. The van der Waals surface area contributed by atoms with Gasteiger partial charge >= 0.3 is 0 Å². The van der Waals surface area contributed by atoms with Crippen LogP contribution in [0.5, 0.6) is 17.2 Å². The first kappa shape index (κ1) is 37.3. The quantitative estimate of drug-likeness (QED) is 0.101. The molecule has 1 fully saturated rings. The number of benzene rings is 3. The molecule has 0 amide bonds. The lowest BCUT2D eigenvalue weighted by atomic mass is 9.93. The highest BCUT2D eigenvalue weighted by Crippen LogP contribution is 2.37. The fourth-order valence-corrected chi connectivity index (χ4v) is 7.41. The largest absolute Gasteiger partial charge is 0.493 e. The Bertz CT molecular complexity index is 2000. The van der Waals surface area contributed by atoms with E-state index in [9.17, 15) is 10.4 Å². The Hall–Kier alpha value is -4.50. The van der Waals surface area contributed by atoms with Gasteiger partial charge in [-0.05, 0) is 79.8 Å². The number of rotatable bonds is 16. The number of likely N-dealkylation sites (tertiary alicyclic amines) is 1. The maximum Gasteiger partial charge on any atom is 0.142 e. The second-order valence-corrected chi connectivity index (χ2v) is 14.6. The van der Waals surface area contributed by atoms with E-state index in [0.29, 0.717) is 48.4 Å². The molecule has 3 heterocycles. The first-order chi connectivity index (χ1) is 25.3. The Morgan fingerprint density at radius 3 is 2.54 bits per heavy atom. The number of aliphatic hydroxyl groups is 1. The van der Waals surface area contributed by atoms with E-state index in [1.165, 1.54) is 6.20 Å². The molecule has 52 heavy (non-hydrogen) atoms. The van der Waals surface area contributed by atoms with Crippen molar-refractivity contribution < 1.29 is 19.3 Å². The monoisotopic (exact) mass is 737 g/mol. The van der Waals surface area contributed by atoms with Crippen molar-refractivity contribution in [1.29, 1.82) is 5.26 Å². The lowest BCUT2D eigenvalue weighted by Crippen LogP contribution is -2.24. The van der Waals surface area contributed by atoms with Crippen molar-refractivity contribution in [1.82, 2.24) is 19.8 Å². The minimum atomic E-state index is -0.200. The van der Waals surface area contributed by atoms with E-state index < -0.39 is 0 Å². The second kappa shape index (κ2) is 17.8. The number of nitrogens with zero attached hydrogens (tertiary/aromatic N) is 5. The van der Waals surface area contributed by atoms with Crippen LogP contribution in [-0.4, -0.2) is 64.3 Å². The van der Waals surface area contributed by atoms with Crippen LogP contribution in [-0.2, 0) is 26.3 Å². The highest BCUT2D eigenvalue weighted by atomic mass is 35.5. The number of thiazole rings is 1. The predicted octanol–water partition coefficient (Wildman–Crippen LogP) is 7.97. The number of hydrogen-bond donors (Lipinski definition) is 1. The van der Waals surface area contributed by atoms with Gasteiger partial charge in [0.25, 0.3) is 0 Å². The van der Waals surface area contributed by atoms with Gasteiger partial charge < -0.3 is 24.2 Å². The molecule has 3 aromatic carbocycles. The Kier molecular flexibility index (Phi) is 12.8. The SMILES string of the molecule is Cc1c(COc2cc(OCc3cncc(C#N)c3)c(CN(C)Cc3nccs3)cc2Cl)cccc1-c1cccc(OCCCN2CC[C@@H](O)C2)c1C. The summed E-state index contributed by atoms with van der Waals surface area (Å²) in [5, 5.41) is 22.6. The topological polar surface area (TPSA) is 104 Å². The van der Waals surface area contributed by atoms with Crippen LogP contribution in [0.2, 0.25) is 5.02 Å². The number of ether oxygens (including phenoxy) is 3. The van der Waals surface area contributed by atoms with E-state index in [4.69, 9.17) is 25.8 Å². The molecule has 9 nitrogen and oxygen atoms in total. The number of hydrogen-bond acceptors (Lipinski definition) is 10. The summed E-state index contributed by atoms with van der Waals surface area (Å²) >= 11 is 8.49. The molecule has 0 saturated carbocycles. The summed E-state index contributed by atoms with van der Waals surface area (Å²) in [6.45, 7) is 9.30. The van der Waals surface area contributed by atoms with E-state index in [1.807, 2.05) is 42.9 Å². The van der Waals surface area contributed by atoms with Crippen LogP contribution >= 0.6 is 22.9 Å². The highest BCUT2D eigenvalue weighted by Gasteiger charge is 2.20. The third-order valence-electron chi connectivity index (χ3n) is 9.29. The molecule has 0 radical (unpaired) electrons. The minimum Gasteiger partial charge on any atom is -0.493 e. The van der Waals surface area contributed by atoms with Gasteiger partial charge in [-0.2, -0.15) is 5.26 Å². The first-order valence-electron chi connectivity index (χ1n) is 17.5. The molecular weight excluding hydrogens is 694 g/mol. The molecule has 270 valence electrons. The maximum atomic E-state index is 9.80. The van der Waals surface area contributed by atoms with Gasteiger partial charge in [-0.25, -0.2) is 4.98 Å². The van der Waals surface area contributed by atoms with Crippen molar-refractivity contribution in [3.8, 4) is 34.4 Å². The normalized spacial score (nSPS) is 14.4. The summed E-state index contributed by atoms with van der Waals surface area (Å²) < 4.78 is 19.0. The van der Waals surface area contributed by atoms with Crippen LogP contribution in [0.1, 0.15) is 51.2 Å². The zero-order valence-electron chi connectivity index (χ0n) is 29.8. The molecule has 11 heteroatoms. The standard InChI is InChI=1S/C41H44ClN5O4S/c1-28-32(7-4-8-35(28)36-9-5-10-38(29(36)2)49-15-6-13-47-14-11-34(48)24-47)27-51-40-19-39(50-26-31-17-30(20-43)21-44-22-31)33(18-37(40)42)23-46(3)25-41-45-12-16-52-41/h4-5,7-10,12,16-19,21-22,34,48H,6,11,13-15,23-27H2,1-3H3/t34-/m1/s1. The van der Waals surface area contributed by atoms with E-state index >= 15 is 0 Å². The molecule has 0 aliphatic carbocycles. The molecule has 0 bridgehead atoms. The fraction of sp³-hybridized carbons (Fsp3) is 0.341. The predicted molar refractivity (Wildman–Crippen MR) is 205 cm³/mol. The molecule has 6 rings (SSSR count). The van der Waals surface area contributed by atoms with Crippen molar-refractivity contribution in [3.63, 3.8) is 0 Å². The van der Waals surface area contributed by atoms with Crippen LogP contribution < -0.4 is 14.2 Å². The van der Waals surface area contributed by atoms with E-state index in [0.717, 1.165) is 82.2 Å². The zero-order valence-corrected chi connectivity index (χ0v) is 31.4. The summed E-state index contributed by atoms with van der Waals surface area (Å²) in [6, 6.07) is 20.1. The second-order valence-electron chi connectivity index (χ2n) is 13.2. The van der Waals surface area contributed by atoms with Crippen LogP contribution in [0.25, 0.3) is 11.1 Å². The number of pyridine rings is 1. The van der Waals surface area contributed by atoms with Crippen molar-refractivity contribution in [2.75, 3.05) is 33.3 Å². The van der Waals surface area contributed by atoms with E-state index in [1.54, 1.807) is 23.6 Å². The summed E-state index contributed by atoms with van der Waals surface area (Å²) in [6.07, 6.45) is 6.60. The molecule has 1 saturated heterocycles. The smallest absolute Gasteiger partial charge is 0.142 e. The van der Waals surface area contributed by atoms with Crippen LogP contribution in [0.15, 0.2) is 78.6 Å². The van der Waals surface area contributed by atoms with Gasteiger partial charge in [-0.3, -0.25) is 9.88 Å². The summed E-state index contributed by atoms with van der Waals surface area (Å²) in [5.41, 5.74) is 7.67. The van der Waals surface area contributed by atoms with Crippen molar-refractivity contribution in [2.24, 2.45) is 0 Å². The Labute approximate surface area is 315 Å². The Morgan fingerprint density at radius 1 is 0.962 bits per heavy atom. The Balaban J connectivity index is 1.16. The van der Waals surface area contributed by atoms with Crippen molar-refractivity contribution in [3.05, 3.63) is 122 Å². The minimum absolute atomic E-state index is 0.200. The first-order valence-corrected chi connectivity index (χ1v) is 18.7. The van der Waals surface area contributed by atoms with Gasteiger partial charge in [-0.1, -0.05) is 41.9 Å². The van der Waals surface area contributed by atoms with Crippen molar-refractivity contribution >= 4 is 22.9 Å². The summed E-state index contributed by atoms with van der Waals surface area (Å²) in [5.74, 6) is 2.04. The number of halogens is 1. The summed E-state index contributed by atoms with van der Waals surface area (Å²) in [7, 11) is 2.03. The molecule has 1 atom stereocenters. The molecule has 1 aliphatic rings. The van der Waals surface area contributed by atoms with E-state index in [2.05, 4.69) is 63.9 Å².